The highest BCUT2D eigenvalue weighted by Gasteiger charge is 2.32. The lowest BCUT2D eigenvalue weighted by atomic mass is 9.72. The molecule has 16 heavy (non-hydrogen) atoms. The summed E-state index contributed by atoms with van der Waals surface area (Å²) in [5.74, 6) is 0.272. The normalized spacial score (nSPS) is 17.8. The van der Waals surface area contributed by atoms with Gasteiger partial charge in [-0.1, -0.05) is 50.2 Å². The molecule has 0 radical (unpaired) electrons. The zero-order valence-corrected chi connectivity index (χ0v) is 9.58. The molecule has 0 spiro atoms. The summed E-state index contributed by atoms with van der Waals surface area (Å²) in [5.41, 5.74) is 2.16. The van der Waals surface area contributed by atoms with Gasteiger partial charge < -0.3 is 0 Å². The third kappa shape index (κ3) is 1.15. The van der Waals surface area contributed by atoms with Crippen molar-refractivity contribution in [2.75, 3.05) is 0 Å². The highest BCUT2D eigenvalue weighted by molar-refractivity contribution is 6.12. The van der Waals surface area contributed by atoms with E-state index in [2.05, 4.69) is 38.1 Å². The molecule has 0 bridgehead atoms. The SMILES string of the molecule is CC1(C)CC(=O)c2cccc3cccc1c23. The minimum Gasteiger partial charge on any atom is -0.294 e. The molecule has 0 saturated heterocycles. The molecule has 80 valence electrons. The monoisotopic (exact) mass is 210 g/mol. The fourth-order valence-electron chi connectivity index (χ4n) is 2.73. The highest BCUT2D eigenvalue weighted by Crippen LogP contribution is 2.40. The molecular formula is C15H14O. The van der Waals surface area contributed by atoms with E-state index < -0.39 is 0 Å². The Morgan fingerprint density at radius 3 is 2.50 bits per heavy atom. The average Bonchev–Trinajstić information content (AvgIpc) is 2.25. The number of benzene rings is 2. The Hall–Kier alpha value is -1.63. The van der Waals surface area contributed by atoms with Crippen LogP contribution in [0.4, 0.5) is 0 Å². The van der Waals surface area contributed by atoms with Crippen LogP contribution in [0.1, 0.15) is 36.2 Å². The molecule has 0 atom stereocenters. The Morgan fingerprint density at radius 2 is 1.75 bits per heavy atom. The van der Waals surface area contributed by atoms with Crippen molar-refractivity contribution in [2.24, 2.45) is 0 Å². The van der Waals surface area contributed by atoms with E-state index in [1.165, 1.54) is 10.9 Å². The number of Topliss-reactive ketones (excluding diaryl/α,β-unsaturated/α-hetero) is 1. The predicted molar refractivity (Wildman–Crippen MR) is 65.9 cm³/mol. The van der Waals surface area contributed by atoms with Gasteiger partial charge in [-0.25, -0.2) is 0 Å². The molecule has 2 aromatic rings. The van der Waals surface area contributed by atoms with Crippen molar-refractivity contribution < 1.29 is 4.79 Å². The van der Waals surface area contributed by atoms with E-state index in [0.29, 0.717) is 6.42 Å². The van der Waals surface area contributed by atoms with Crippen LogP contribution in [0.25, 0.3) is 10.8 Å². The topological polar surface area (TPSA) is 17.1 Å². The number of carbonyl (C=O) groups is 1. The first-order chi connectivity index (χ1) is 7.59. The summed E-state index contributed by atoms with van der Waals surface area (Å²) in [7, 11) is 0. The van der Waals surface area contributed by atoms with Crippen LogP contribution in [0.3, 0.4) is 0 Å². The Bertz CT molecular complexity index is 588. The second kappa shape index (κ2) is 2.94. The van der Waals surface area contributed by atoms with Crippen molar-refractivity contribution in [3.63, 3.8) is 0 Å². The van der Waals surface area contributed by atoms with Gasteiger partial charge in [0.1, 0.15) is 0 Å². The lowest BCUT2D eigenvalue weighted by molar-refractivity contribution is 0.0955. The van der Waals surface area contributed by atoms with Gasteiger partial charge in [0.05, 0.1) is 0 Å². The van der Waals surface area contributed by atoms with Crippen LogP contribution in [0.5, 0.6) is 0 Å². The van der Waals surface area contributed by atoms with E-state index in [4.69, 9.17) is 0 Å². The Kier molecular flexibility index (Phi) is 1.76. The van der Waals surface area contributed by atoms with Gasteiger partial charge in [-0.15, -0.1) is 0 Å². The summed E-state index contributed by atoms with van der Waals surface area (Å²) < 4.78 is 0. The first-order valence-corrected chi connectivity index (χ1v) is 5.65. The van der Waals surface area contributed by atoms with Crippen molar-refractivity contribution in [3.05, 3.63) is 47.5 Å². The molecule has 0 saturated carbocycles. The zero-order valence-electron chi connectivity index (χ0n) is 9.58. The van der Waals surface area contributed by atoms with Crippen LogP contribution in [-0.4, -0.2) is 5.78 Å². The summed E-state index contributed by atoms with van der Waals surface area (Å²) in [6.45, 7) is 4.30. The number of carbonyl (C=O) groups excluding carboxylic acids is 1. The average molecular weight is 210 g/mol. The Labute approximate surface area is 95.1 Å². The summed E-state index contributed by atoms with van der Waals surface area (Å²) in [6, 6.07) is 12.3. The predicted octanol–water partition coefficient (Wildman–Crippen LogP) is 3.70. The summed E-state index contributed by atoms with van der Waals surface area (Å²) in [6.07, 6.45) is 0.614. The highest BCUT2D eigenvalue weighted by atomic mass is 16.1. The van der Waals surface area contributed by atoms with Crippen LogP contribution in [-0.2, 0) is 5.41 Å². The Morgan fingerprint density at radius 1 is 1.06 bits per heavy atom. The minimum atomic E-state index is -0.0368. The third-order valence-corrected chi connectivity index (χ3v) is 3.54. The third-order valence-electron chi connectivity index (χ3n) is 3.54. The van der Waals surface area contributed by atoms with E-state index in [-0.39, 0.29) is 11.2 Å². The molecule has 2 aromatic carbocycles. The maximum Gasteiger partial charge on any atom is 0.164 e. The molecule has 1 nitrogen and oxygen atoms in total. The van der Waals surface area contributed by atoms with Gasteiger partial charge in [0.2, 0.25) is 0 Å². The molecule has 0 aromatic heterocycles. The lowest BCUT2D eigenvalue weighted by Crippen LogP contribution is -2.27. The fraction of sp³-hybridized carbons (Fsp3) is 0.267. The molecule has 1 aliphatic rings. The van der Waals surface area contributed by atoms with E-state index in [1.807, 2.05) is 12.1 Å². The Balaban J connectivity index is 2.52. The molecule has 0 aliphatic heterocycles. The fourth-order valence-corrected chi connectivity index (χ4v) is 2.73. The zero-order chi connectivity index (χ0) is 11.3. The van der Waals surface area contributed by atoms with Crippen molar-refractivity contribution in [3.8, 4) is 0 Å². The van der Waals surface area contributed by atoms with E-state index in [0.717, 1.165) is 10.9 Å². The quantitative estimate of drug-likeness (QED) is 0.648. The van der Waals surface area contributed by atoms with Crippen LogP contribution < -0.4 is 0 Å². The number of rotatable bonds is 0. The first-order valence-electron chi connectivity index (χ1n) is 5.65. The van der Waals surface area contributed by atoms with Gasteiger partial charge in [-0.2, -0.15) is 0 Å². The summed E-state index contributed by atoms with van der Waals surface area (Å²) in [5, 5.41) is 2.34. The maximum atomic E-state index is 12.1. The van der Waals surface area contributed by atoms with Gasteiger partial charge in [-0.05, 0) is 21.8 Å². The molecule has 1 heteroatoms. The molecule has 3 rings (SSSR count). The molecular weight excluding hydrogens is 196 g/mol. The van der Waals surface area contributed by atoms with Gasteiger partial charge in [-0.3, -0.25) is 4.79 Å². The summed E-state index contributed by atoms with van der Waals surface area (Å²) in [4.78, 5) is 12.1. The van der Waals surface area contributed by atoms with E-state index in [1.54, 1.807) is 0 Å². The minimum absolute atomic E-state index is 0.0368. The molecule has 0 fully saturated rings. The van der Waals surface area contributed by atoms with Crippen molar-refractivity contribution in [1.82, 2.24) is 0 Å². The molecule has 1 aliphatic carbocycles. The molecule has 0 N–H and O–H groups in total. The first kappa shape index (κ1) is 9.59. The standard InChI is InChI=1S/C15H14O/c1-15(2)9-13(16)11-7-3-5-10-6-4-8-12(15)14(10)11/h3-8H,9H2,1-2H3. The largest absolute Gasteiger partial charge is 0.294 e. The number of ketones is 1. The molecule has 0 amide bonds. The van der Waals surface area contributed by atoms with Crippen molar-refractivity contribution in [2.45, 2.75) is 25.7 Å². The molecule has 0 unspecified atom stereocenters. The number of hydrogen-bond acceptors (Lipinski definition) is 1. The van der Waals surface area contributed by atoms with Crippen LogP contribution in [0.15, 0.2) is 36.4 Å². The van der Waals surface area contributed by atoms with Gasteiger partial charge in [0, 0.05) is 12.0 Å². The van der Waals surface area contributed by atoms with Gasteiger partial charge >= 0.3 is 0 Å². The smallest absolute Gasteiger partial charge is 0.164 e. The second-order valence-corrected chi connectivity index (χ2v) is 5.19. The van der Waals surface area contributed by atoms with Gasteiger partial charge in [0.15, 0.2) is 5.78 Å². The number of hydrogen-bond donors (Lipinski definition) is 0. The summed E-state index contributed by atoms with van der Waals surface area (Å²) >= 11 is 0. The van der Waals surface area contributed by atoms with Gasteiger partial charge in [0.25, 0.3) is 0 Å². The van der Waals surface area contributed by atoms with Crippen LogP contribution in [0.2, 0.25) is 0 Å². The van der Waals surface area contributed by atoms with Crippen LogP contribution >= 0.6 is 0 Å². The van der Waals surface area contributed by atoms with Crippen molar-refractivity contribution in [1.29, 1.82) is 0 Å². The van der Waals surface area contributed by atoms with Crippen LogP contribution in [0, 0.1) is 0 Å². The van der Waals surface area contributed by atoms with E-state index in [9.17, 15) is 4.79 Å². The maximum absolute atomic E-state index is 12.1. The second-order valence-electron chi connectivity index (χ2n) is 5.19. The lowest BCUT2D eigenvalue weighted by Gasteiger charge is -2.31. The molecule has 0 heterocycles. The van der Waals surface area contributed by atoms with Crippen molar-refractivity contribution >= 4 is 16.6 Å². The van der Waals surface area contributed by atoms with E-state index >= 15 is 0 Å².